The molecule has 0 aliphatic heterocycles. The van der Waals surface area contributed by atoms with Crippen LogP contribution >= 0.6 is 0 Å². The number of benzene rings is 2. The number of carbonyl (C=O) groups is 2. The molecule has 0 fully saturated rings. The van der Waals surface area contributed by atoms with Crippen molar-refractivity contribution in [3.05, 3.63) is 65.7 Å². The fourth-order valence-corrected chi connectivity index (χ4v) is 2.05. The molecule has 0 aliphatic rings. The average Bonchev–Trinajstić information content (AvgIpc) is 2.56. The maximum Gasteiger partial charge on any atom is 0.226 e. The Hall–Kier alpha value is -3.13. The van der Waals surface area contributed by atoms with Gasteiger partial charge in [-0.15, -0.1) is 0 Å². The van der Waals surface area contributed by atoms with Gasteiger partial charge in [0.1, 0.15) is 0 Å². The molecule has 0 radical (unpaired) electrons. The quantitative estimate of drug-likeness (QED) is 0.858. The van der Waals surface area contributed by atoms with Gasteiger partial charge < -0.3 is 10.6 Å². The normalized spacial score (nSPS) is 9.70. The number of anilines is 1. The summed E-state index contributed by atoms with van der Waals surface area (Å²) in [6, 6.07) is 18.1. The van der Waals surface area contributed by atoms with E-state index in [4.69, 9.17) is 5.26 Å². The summed E-state index contributed by atoms with van der Waals surface area (Å²) in [4.78, 5) is 23.6. The van der Waals surface area contributed by atoms with E-state index < -0.39 is 0 Å². The first-order valence-electron chi connectivity index (χ1n) is 7.28. The van der Waals surface area contributed by atoms with E-state index in [9.17, 15) is 9.59 Å². The second-order valence-corrected chi connectivity index (χ2v) is 5.00. The van der Waals surface area contributed by atoms with E-state index >= 15 is 0 Å². The Kier molecular flexibility index (Phi) is 5.89. The Morgan fingerprint density at radius 3 is 2.52 bits per heavy atom. The van der Waals surface area contributed by atoms with Crippen LogP contribution in [0.15, 0.2) is 54.6 Å². The molecule has 5 heteroatoms. The summed E-state index contributed by atoms with van der Waals surface area (Å²) >= 11 is 0. The van der Waals surface area contributed by atoms with Gasteiger partial charge in [0.2, 0.25) is 11.8 Å². The van der Waals surface area contributed by atoms with Gasteiger partial charge in [-0.25, -0.2) is 0 Å². The minimum absolute atomic E-state index is 0.115. The van der Waals surface area contributed by atoms with Crippen LogP contribution in [0.5, 0.6) is 0 Å². The van der Waals surface area contributed by atoms with Crippen LogP contribution in [0.4, 0.5) is 5.69 Å². The fourth-order valence-electron chi connectivity index (χ4n) is 2.05. The number of carbonyl (C=O) groups excluding carboxylic acids is 2. The molecule has 0 heterocycles. The highest BCUT2D eigenvalue weighted by molar-refractivity contribution is 5.91. The van der Waals surface area contributed by atoms with E-state index in [-0.39, 0.29) is 24.8 Å². The molecule has 5 nitrogen and oxygen atoms in total. The second-order valence-electron chi connectivity index (χ2n) is 5.00. The molecule has 2 amide bonds. The van der Waals surface area contributed by atoms with Crippen LogP contribution in [-0.4, -0.2) is 18.4 Å². The van der Waals surface area contributed by atoms with E-state index in [1.807, 2.05) is 36.4 Å². The largest absolute Gasteiger partial charge is 0.355 e. The highest BCUT2D eigenvalue weighted by Gasteiger charge is 2.06. The molecule has 0 saturated carbocycles. The van der Waals surface area contributed by atoms with Gasteiger partial charge in [0.25, 0.3) is 0 Å². The van der Waals surface area contributed by atoms with Crippen LogP contribution in [0, 0.1) is 11.3 Å². The molecule has 23 heavy (non-hydrogen) atoms. The van der Waals surface area contributed by atoms with Crippen molar-refractivity contribution in [1.29, 1.82) is 5.26 Å². The number of hydrogen-bond donors (Lipinski definition) is 2. The van der Waals surface area contributed by atoms with Crippen molar-refractivity contribution in [3.63, 3.8) is 0 Å². The predicted molar refractivity (Wildman–Crippen MR) is 87.6 cm³/mol. The fraction of sp³-hybridized carbons (Fsp3) is 0.167. The molecule has 116 valence electrons. The molecule has 2 aromatic carbocycles. The zero-order valence-electron chi connectivity index (χ0n) is 12.6. The Balaban J connectivity index is 1.72. The first-order chi connectivity index (χ1) is 11.2. The lowest BCUT2D eigenvalue weighted by Gasteiger charge is -2.07. The van der Waals surface area contributed by atoms with Gasteiger partial charge in [-0.1, -0.05) is 36.4 Å². The number of nitriles is 1. The van der Waals surface area contributed by atoms with E-state index in [1.165, 1.54) is 0 Å². The maximum absolute atomic E-state index is 11.8. The Morgan fingerprint density at radius 2 is 1.78 bits per heavy atom. The van der Waals surface area contributed by atoms with Crippen molar-refractivity contribution >= 4 is 17.5 Å². The van der Waals surface area contributed by atoms with Gasteiger partial charge in [-0.05, 0) is 23.8 Å². The molecular weight excluding hydrogens is 290 g/mol. The van der Waals surface area contributed by atoms with Crippen molar-refractivity contribution in [3.8, 4) is 6.07 Å². The summed E-state index contributed by atoms with van der Waals surface area (Å²) in [6.07, 6.45) is 0.476. The zero-order chi connectivity index (χ0) is 16.5. The SMILES string of the molecule is N#Cc1cccc(NC(=O)CCNC(=O)Cc2ccccc2)c1. The summed E-state index contributed by atoms with van der Waals surface area (Å²) in [5, 5.41) is 14.2. The van der Waals surface area contributed by atoms with Crippen LogP contribution in [-0.2, 0) is 16.0 Å². The number of amides is 2. The third kappa shape index (κ3) is 5.64. The van der Waals surface area contributed by atoms with Crippen LogP contribution in [0.2, 0.25) is 0 Å². The van der Waals surface area contributed by atoms with Crippen LogP contribution < -0.4 is 10.6 Å². The van der Waals surface area contributed by atoms with Crippen LogP contribution in [0.25, 0.3) is 0 Å². The lowest BCUT2D eigenvalue weighted by Crippen LogP contribution is -2.28. The molecule has 0 aromatic heterocycles. The van der Waals surface area contributed by atoms with Crippen LogP contribution in [0.3, 0.4) is 0 Å². The number of nitrogens with one attached hydrogen (secondary N) is 2. The summed E-state index contributed by atoms with van der Waals surface area (Å²) in [5.74, 6) is -0.324. The van der Waals surface area contributed by atoms with Crippen molar-refractivity contribution in [1.82, 2.24) is 5.32 Å². The van der Waals surface area contributed by atoms with Gasteiger partial charge in [0, 0.05) is 18.7 Å². The smallest absolute Gasteiger partial charge is 0.226 e. The third-order valence-corrected chi connectivity index (χ3v) is 3.16. The minimum Gasteiger partial charge on any atom is -0.355 e. The Bertz CT molecular complexity index is 721. The van der Waals surface area contributed by atoms with Gasteiger partial charge in [-0.3, -0.25) is 9.59 Å². The molecule has 0 unspecified atom stereocenters. The molecular formula is C18H17N3O2. The molecule has 0 spiro atoms. The summed E-state index contributed by atoms with van der Waals surface area (Å²) in [6.45, 7) is 0.273. The van der Waals surface area contributed by atoms with E-state index in [0.717, 1.165) is 5.56 Å². The molecule has 0 atom stereocenters. The first-order valence-corrected chi connectivity index (χ1v) is 7.28. The molecule has 0 aliphatic carbocycles. The molecule has 2 aromatic rings. The van der Waals surface area contributed by atoms with Crippen molar-refractivity contribution < 1.29 is 9.59 Å². The molecule has 2 rings (SSSR count). The van der Waals surface area contributed by atoms with Gasteiger partial charge >= 0.3 is 0 Å². The summed E-state index contributed by atoms with van der Waals surface area (Å²) in [5.41, 5.74) is 1.99. The average molecular weight is 307 g/mol. The molecule has 0 saturated heterocycles. The molecule has 0 bridgehead atoms. The Labute approximate surface area is 134 Å². The zero-order valence-corrected chi connectivity index (χ0v) is 12.6. The molecule has 2 N–H and O–H groups in total. The summed E-state index contributed by atoms with van der Waals surface area (Å²) < 4.78 is 0. The Morgan fingerprint density at radius 1 is 1.00 bits per heavy atom. The minimum atomic E-state index is -0.208. The standard InChI is InChI=1S/C18H17N3O2/c19-13-15-7-4-8-16(11-15)21-17(22)9-10-20-18(23)12-14-5-2-1-3-6-14/h1-8,11H,9-10,12H2,(H,20,23)(H,21,22). The van der Waals surface area contributed by atoms with Gasteiger partial charge in [0.15, 0.2) is 0 Å². The van der Waals surface area contributed by atoms with Crippen LogP contribution in [0.1, 0.15) is 17.5 Å². The predicted octanol–water partition coefficient (Wildman–Crippen LogP) is 2.25. The van der Waals surface area contributed by atoms with E-state index in [0.29, 0.717) is 17.7 Å². The highest BCUT2D eigenvalue weighted by Crippen LogP contribution is 2.09. The third-order valence-electron chi connectivity index (χ3n) is 3.16. The van der Waals surface area contributed by atoms with Gasteiger partial charge in [-0.2, -0.15) is 5.26 Å². The first kappa shape index (κ1) is 16.2. The number of rotatable bonds is 6. The number of hydrogen-bond acceptors (Lipinski definition) is 3. The van der Waals surface area contributed by atoms with Crippen molar-refractivity contribution in [2.24, 2.45) is 0 Å². The summed E-state index contributed by atoms with van der Waals surface area (Å²) in [7, 11) is 0. The van der Waals surface area contributed by atoms with E-state index in [2.05, 4.69) is 10.6 Å². The van der Waals surface area contributed by atoms with Crippen molar-refractivity contribution in [2.45, 2.75) is 12.8 Å². The topological polar surface area (TPSA) is 82.0 Å². The van der Waals surface area contributed by atoms with Gasteiger partial charge in [0.05, 0.1) is 18.1 Å². The maximum atomic E-state index is 11.8. The lowest BCUT2D eigenvalue weighted by atomic mass is 10.1. The van der Waals surface area contributed by atoms with Crippen molar-refractivity contribution in [2.75, 3.05) is 11.9 Å². The second kappa shape index (κ2) is 8.35. The lowest BCUT2D eigenvalue weighted by molar-refractivity contribution is -0.120. The monoisotopic (exact) mass is 307 g/mol. The van der Waals surface area contributed by atoms with E-state index in [1.54, 1.807) is 24.3 Å². The highest BCUT2D eigenvalue weighted by atomic mass is 16.2. The number of nitrogens with zero attached hydrogens (tertiary/aromatic N) is 1.